The molecule has 4 aromatic rings. The van der Waals surface area contributed by atoms with Gasteiger partial charge in [-0.3, -0.25) is 14.5 Å². The van der Waals surface area contributed by atoms with Crippen LogP contribution in [-0.4, -0.2) is 33.1 Å². The second-order valence-electron chi connectivity index (χ2n) is 8.76. The van der Waals surface area contributed by atoms with Crippen LogP contribution in [-0.2, 0) is 25.9 Å². The minimum Gasteiger partial charge on any atom is -0.373 e. The van der Waals surface area contributed by atoms with E-state index in [1.807, 2.05) is 36.7 Å². The Morgan fingerprint density at radius 3 is 1.76 bits per heavy atom. The number of para-hydroxylation sites is 2. The zero-order valence-corrected chi connectivity index (χ0v) is 23.8. The number of alkyl halides is 1. The van der Waals surface area contributed by atoms with Crippen molar-refractivity contribution in [3.63, 3.8) is 0 Å². The van der Waals surface area contributed by atoms with Crippen LogP contribution in [0, 0.1) is 0 Å². The van der Waals surface area contributed by atoms with Gasteiger partial charge in [-0.25, -0.2) is 0 Å². The number of halogens is 1. The number of nitrogens with zero attached hydrogens (tertiary/aromatic N) is 8. The first-order chi connectivity index (χ1) is 18.0. The van der Waals surface area contributed by atoms with Gasteiger partial charge in [0.05, 0.1) is 23.5 Å². The van der Waals surface area contributed by atoms with Gasteiger partial charge in [0.15, 0.2) is 11.6 Å². The van der Waals surface area contributed by atoms with Gasteiger partial charge >= 0.3 is 29.6 Å². The third-order valence-corrected chi connectivity index (χ3v) is 6.90. The van der Waals surface area contributed by atoms with Gasteiger partial charge in [-0.2, -0.15) is 0 Å². The van der Waals surface area contributed by atoms with Crippen molar-refractivity contribution < 1.29 is 39.1 Å². The molecule has 0 amide bonds. The van der Waals surface area contributed by atoms with E-state index in [-0.39, 0.29) is 53.5 Å². The van der Waals surface area contributed by atoms with E-state index in [0.717, 1.165) is 60.6 Å². The van der Waals surface area contributed by atoms with Crippen molar-refractivity contribution in [2.45, 2.75) is 38.8 Å². The molecular formula is C26H24ClN8NaO2. The summed E-state index contributed by atoms with van der Waals surface area (Å²) >= 11 is 5.64. The first kappa shape index (κ1) is 29.3. The first-order valence-corrected chi connectivity index (χ1v) is 12.4. The molecule has 2 aliphatic rings. The molecule has 0 saturated carbocycles. The molecule has 12 heteroatoms. The first-order valence-electron chi connectivity index (χ1n) is 11.9. The van der Waals surface area contributed by atoms with Gasteiger partial charge < -0.3 is 20.2 Å². The number of rotatable bonds is 5. The average Bonchev–Trinajstić information content (AvgIpc) is 3.50. The molecule has 0 aliphatic carbocycles. The summed E-state index contributed by atoms with van der Waals surface area (Å²) in [5.41, 5.74) is 28.2. The Bertz CT molecular complexity index is 1580. The summed E-state index contributed by atoms with van der Waals surface area (Å²) in [6, 6.07) is 12.2. The Morgan fingerprint density at radius 1 is 0.842 bits per heavy atom. The molecule has 0 fully saturated rings. The molecule has 38 heavy (non-hydrogen) atoms. The van der Waals surface area contributed by atoms with E-state index >= 15 is 0 Å². The minimum atomic E-state index is -0.115. The van der Waals surface area contributed by atoms with Crippen molar-refractivity contribution in [3.8, 4) is 0 Å². The van der Waals surface area contributed by atoms with E-state index in [1.165, 1.54) is 21.6 Å². The van der Waals surface area contributed by atoms with Crippen molar-refractivity contribution in [1.82, 2.24) is 9.13 Å². The molecular weight excluding hydrogens is 515 g/mol. The van der Waals surface area contributed by atoms with Crippen molar-refractivity contribution in [2.75, 3.05) is 12.4 Å². The minimum absolute atomic E-state index is 0. The van der Waals surface area contributed by atoms with Gasteiger partial charge in [0.25, 0.3) is 0 Å². The number of azide groups is 1. The molecule has 0 saturated heterocycles. The Morgan fingerprint density at radius 2 is 1.32 bits per heavy atom. The van der Waals surface area contributed by atoms with Crippen LogP contribution in [0.5, 0.6) is 0 Å². The number of benzene rings is 2. The van der Waals surface area contributed by atoms with Gasteiger partial charge in [0, 0.05) is 52.3 Å². The summed E-state index contributed by atoms with van der Waals surface area (Å²) < 4.78 is 4.32. The standard InChI is InChI=1S/C13H12ClNO.C13H12N4O.N3.Na/c14-7-12(16)11-8-15-6-2-4-9-3-1-5-10(11)13(9)15;14-16-15-7-12(18)11-8-17-6-2-4-9-3-1-5-10(11)13(9)17;1-3-2;/h1,3,5,8H,2,4,6-7H2;1,3,5,8H,2,4,6-7H2;;/q;;-1;+1. The van der Waals surface area contributed by atoms with E-state index < -0.39 is 0 Å². The summed E-state index contributed by atoms with van der Waals surface area (Å²) in [5, 5.41) is 5.39. The average molecular weight is 539 g/mol. The normalized spacial score (nSPS) is 12.6. The van der Waals surface area contributed by atoms with Crippen molar-refractivity contribution in [2.24, 2.45) is 5.11 Å². The largest absolute Gasteiger partial charge is 1.00 e. The van der Waals surface area contributed by atoms with E-state index in [0.29, 0.717) is 5.56 Å². The predicted octanol–water partition coefficient (Wildman–Crippen LogP) is 3.96. The van der Waals surface area contributed by atoms with Gasteiger partial charge in [-0.05, 0) is 42.3 Å². The van der Waals surface area contributed by atoms with Gasteiger partial charge in [-0.1, -0.05) is 41.5 Å². The summed E-state index contributed by atoms with van der Waals surface area (Å²) in [7, 11) is 0. The maximum absolute atomic E-state index is 12.0. The van der Waals surface area contributed by atoms with Crippen LogP contribution in [0.1, 0.15) is 44.7 Å². The summed E-state index contributed by atoms with van der Waals surface area (Å²) in [5.74, 6) is -0.0383. The molecule has 0 spiro atoms. The smallest absolute Gasteiger partial charge is 0.373 e. The molecule has 2 aromatic heterocycles. The van der Waals surface area contributed by atoms with Crippen LogP contribution in [0.4, 0.5) is 0 Å². The maximum atomic E-state index is 12.0. The number of carbonyl (C=O) groups is 2. The van der Waals surface area contributed by atoms with E-state index in [9.17, 15) is 9.59 Å². The molecule has 6 rings (SSSR count). The van der Waals surface area contributed by atoms with Crippen LogP contribution in [0.25, 0.3) is 48.2 Å². The number of Topliss-reactive ketones (excluding diaryl/α,β-unsaturated/α-hetero) is 2. The van der Waals surface area contributed by atoms with Crippen LogP contribution in [0.2, 0.25) is 0 Å². The van der Waals surface area contributed by atoms with Crippen LogP contribution in [0.15, 0.2) is 53.9 Å². The fourth-order valence-corrected chi connectivity index (χ4v) is 5.35. The number of aromatic nitrogens is 2. The zero-order valence-electron chi connectivity index (χ0n) is 21.0. The van der Waals surface area contributed by atoms with Crippen molar-refractivity contribution in [3.05, 3.63) is 97.5 Å². The topological polar surface area (TPSA) is 151 Å². The Hall–Kier alpha value is -3.23. The monoisotopic (exact) mass is 538 g/mol. The van der Waals surface area contributed by atoms with Crippen molar-refractivity contribution in [1.29, 1.82) is 0 Å². The molecule has 0 unspecified atom stereocenters. The second kappa shape index (κ2) is 13.5. The molecule has 0 N–H and O–H groups in total. The fourth-order valence-electron chi connectivity index (χ4n) is 5.21. The quantitative estimate of drug-likeness (QED) is 0.0943. The fraction of sp³-hybridized carbons (Fsp3) is 0.308. The third kappa shape index (κ3) is 5.92. The molecule has 2 aromatic carbocycles. The van der Waals surface area contributed by atoms with E-state index in [2.05, 4.69) is 31.3 Å². The number of ketones is 2. The predicted molar refractivity (Wildman–Crippen MR) is 144 cm³/mol. The van der Waals surface area contributed by atoms with Gasteiger partial charge in [0.2, 0.25) is 0 Å². The second-order valence-corrected chi connectivity index (χ2v) is 9.03. The third-order valence-electron chi connectivity index (χ3n) is 6.65. The molecule has 10 nitrogen and oxygen atoms in total. The van der Waals surface area contributed by atoms with Crippen molar-refractivity contribution >= 4 is 45.0 Å². The Kier molecular flexibility index (Phi) is 10.4. The molecule has 0 atom stereocenters. The molecule has 4 heterocycles. The summed E-state index contributed by atoms with van der Waals surface area (Å²) in [4.78, 5) is 27.9. The van der Waals surface area contributed by atoms with Crippen LogP contribution < -0.4 is 29.6 Å². The number of hydrogen-bond acceptors (Lipinski definition) is 3. The van der Waals surface area contributed by atoms with Crippen LogP contribution in [0.3, 0.4) is 0 Å². The van der Waals surface area contributed by atoms with Gasteiger partial charge in [0.1, 0.15) is 0 Å². The van der Waals surface area contributed by atoms with E-state index in [1.54, 1.807) is 0 Å². The Labute approximate surface area is 245 Å². The van der Waals surface area contributed by atoms with E-state index in [4.69, 9.17) is 28.2 Å². The molecule has 0 radical (unpaired) electrons. The zero-order chi connectivity index (χ0) is 26.4. The molecule has 0 bridgehead atoms. The number of carbonyl (C=O) groups excluding carboxylic acids is 2. The van der Waals surface area contributed by atoms with Crippen LogP contribution >= 0.6 is 11.6 Å². The number of hydrogen-bond donors (Lipinski definition) is 0. The Balaban J connectivity index is 0.000000188. The maximum Gasteiger partial charge on any atom is 1.00 e. The van der Waals surface area contributed by atoms with Gasteiger partial charge in [-0.15, -0.1) is 11.6 Å². The summed E-state index contributed by atoms with van der Waals surface area (Å²) in [6.07, 6.45) is 8.27. The molecule has 2 aliphatic heterocycles. The number of aryl methyl sites for hydroxylation is 4. The SMILES string of the molecule is O=C(CCl)c1cn2c3c(cccc13)CCC2.[N-]=[N+]=NCC(=O)c1cn2c3c(cccc13)CCC2.[N-]=[N+]=[N-].[Na+]. The summed E-state index contributed by atoms with van der Waals surface area (Å²) in [6.45, 7) is 1.84. The molecule has 188 valence electrons.